The Balaban J connectivity index is 2.24. The molecule has 20 heavy (non-hydrogen) atoms. The van der Waals surface area contributed by atoms with Gasteiger partial charge in [-0.05, 0) is 12.1 Å². The molecule has 0 aliphatic carbocycles. The van der Waals surface area contributed by atoms with Crippen LogP contribution in [0.4, 0.5) is 5.69 Å². The van der Waals surface area contributed by atoms with Crippen molar-refractivity contribution in [2.24, 2.45) is 0 Å². The highest BCUT2D eigenvalue weighted by Gasteiger charge is 2.16. The number of carbonyl (C=O) groups is 1. The van der Waals surface area contributed by atoms with Gasteiger partial charge >= 0.3 is 0 Å². The van der Waals surface area contributed by atoms with Crippen molar-refractivity contribution in [3.8, 4) is 10.6 Å². The van der Waals surface area contributed by atoms with Gasteiger partial charge in [0.05, 0.1) is 12.0 Å². The molecular formula is C12H11N3O4S. The summed E-state index contributed by atoms with van der Waals surface area (Å²) in [5.74, 6) is -0.350. The van der Waals surface area contributed by atoms with Crippen molar-refractivity contribution < 1.29 is 14.6 Å². The largest absolute Gasteiger partial charge is 0.296 e. The zero-order valence-electron chi connectivity index (χ0n) is 10.8. The fourth-order valence-electron chi connectivity index (χ4n) is 1.47. The highest BCUT2D eigenvalue weighted by atomic mass is 32.1. The second-order valence-corrected chi connectivity index (χ2v) is 4.69. The van der Waals surface area contributed by atoms with Gasteiger partial charge in [-0.3, -0.25) is 19.7 Å². The molecule has 0 atom stereocenters. The van der Waals surface area contributed by atoms with Crippen LogP contribution in [0.25, 0.3) is 10.6 Å². The molecule has 1 aromatic carbocycles. The van der Waals surface area contributed by atoms with Crippen LogP contribution < -0.4 is 0 Å². The third kappa shape index (κ3) is 2.81. The third-order valence-electron chi connectivity index (χ3n) is 2.61. The van der Waals surface area contributed by atoms with E-state index in [0.29, 0.717) is 5.01 Å². The van der Waals surface area contributed by atoms with Crippen LogP contribution in [-0.4, -0.2) is 35.0 Å². The van der Waals surface area contributed by atoms with E-state index in [1.807, 2.05) is 0 Å². The number of carbonyl (C=O) groups excluding carboxylic acids is 1. The number of nitro benzene ring substituents is 1. The maximum absolute atomic E-state index is 11.8. The lowest BCUT2D eigenvalue weighted by Gasteiger charge is -2.11. The summed E-state index contributed by atoms with van der Waals surface area (Å²) in [7, 11) is 2.88. The van der Waals surface area contributed by atoms with E-state index >= 15 is 0 Å². The Kier molecular flexibility index (Phi) is 4.06. The van der Waals surface area contributed by atoms with Gasteiger partial charge in [-0.1, -0.05) is 0 Å². The molecule has 8 heteroatoms. The van der Waals surface area contributed by atoms with Gasteiger partial charge in [0.25, 0.3) is 11.6 Å². The Bertz CT molecular complexity index is 638. The SMILES string of the molecule is CON(C)C(=O)c1csc(-c2ccc([N+](=O)[O-])cc2)n1. The summed E-state index contributed by atoms with van der Waals surface area (Å²) in [5.41, 5.74) is 1.01. The summed E-state index contributed by atoms with van der Waals surface area (Å²) < 4.78 is 0. The predicted octanol–water partition coefficient (Wildman–Crippen LogP) is 2.35. The number of benzene rings is 1. The minimum absolute atomic E-state index is 0.0146. The summed E-state index contributed by atoms with van der Waals surface area (Å²) in [4.78, 5) is 30.9. The van der Waals surface area contributed by atoms with Gasteiger partial charge in [0.1, 0.15) is 10.7 Å². The average molecular weight is 293 g/mol. The first-order chi connectivity index (χ1) is 9.52. The maximum atomic E-state index is 11.8. The lowest BCUT2D eigenvalue weighted by atomic mass is 10.2. The molecule has 0 aliphatic rings. The van der Waals surface area contributed by atoms with Gasteiger partial charge in [0.15, 0.2) is 0 Å². The summed E-state index contributed by atoms with van der Waals surface area (Å²) in [6.07, 6.45) is 0. The van der Waals surface area contributed by atoms with Gasteiger partial charge in [-0.25, -0.2) is 10.0 Å². The second kappa shape index (κ2) is 5.76. The van der Waals surface area contributed by atoms with Crippen molar-refractivity contribution in [1.82, 2.24) is 10.0 Å². The number of aromatic nitrogens is 1. The molecule has 1 heterocycles. The quantitative estimate of drug-likeness (QED) is 0.638. The second-order valence-electron chi connectivity index (χ2n) is 3.83. The molecule has 104 valence electrons. The number of hydrogen-bond acceptors (Lipinski definition) is 6. The molecular weight excluding hydrogens is 282 g/mol. The molecule has 0 spiro atoms. The lowest BCUT2D eigenvalue weighted by molar-refractivity contribution is -0.384. The van der Waals surface area contributed by atoms with Crippen molar-refractivity contribution in [3.63, 3.8) is 0 Å². The number of thiazole rings is 1. The van der Waals surface area contributed by atoms with Gasteiger partial charge in [0, 0.05) is 30.1 Å². The standard InChI is InChI=1S/C12H11N3O4S/c1-14(19-2)12(16)10-7-20-11(13-10)8-3-5-9(6-4-8)15(17)18/h3-7H,1-2H3. The predicted molar refractivity (Wildman–Crippen MR) is 73.3 cm³/mol. The highest BCUT2D eigenvalue weighted by molar-refractivity contribution is 7.13. The van der Waals surface area contributed by atoms with Crippen LogP contribution in [0.3, 0.4) is 0 Å². The highest BCUT2D eigenvalue weighted by Crippen LogP contribution is 2.26. The topological polar surface area (TPSA) is 85.6 Å². The number of non-ortho nitro benzene ring substituents is 1. The van der Waals surface area contributed by atoms with Crippen molar-refractivity contribution >= 4 is 22.9 Å². The van der Waals surface area contributed by atoms with Gasteiger partial charge < -0.3 is 0 Å². The normalized spacial score (nSPS) is 10.3. The summed E-state index contributed by atoms with van der Waals surface area (Å²) in [5, 5.41) is 13.9. The lowest BCUT2D eigenvalue weighted by Crippen LogP contribution is -2.25. The summed E-state index contributed by atoms with van der Waals surface area (Å²) in [6.45, 7) is 0. The van der Waals surface area contributed by atoms with E-state index in [2.05, 4.69) is 4.98 Å². The zero-order chi connectivity index (χ0) is 14.7. The van der Waals surface area contributed by atoms with Crippen LogP contribution in [0.2, 0.25) is 0 Å². The molecule has 7 nitrogen and oxygen atoms in total. The summed E-state index contributed by atoms with van der Waals surface area (Å²) in [6, 6.07) is 6.01. The molecule has 0 radical (unpaired) electrons. The summed E-state index contributed by atoms with van der Waals surface area (Å²) >= 11 is 1.29. The van der Waals surface area contributed by atoms with Crippen LogP contribution in [-0.2, 0) is 4.84 Å². The number of hydroxylamine groups is 2. The molecule has 0 bridgehead atoms. The molecule has 2 aromatic rings. The number of amides is 1. The molecule has 0 aliphatic heterocycles. The van der Waals surface area contributed by atoms with Gasteiger partial charge in [0.2, 0.25) is 0 Å². The van der Waals surface area contributed by atoms with Crippen LogP contribution >= 0.6 is 11.3 Å². The van der Waals surface area contributed by atoms with Crippen molar-refractivity contribution in [3.05, 3.63) is 45.5 Å². The molecule has 1 aromatic heterocycles. The van der Waals surface area contributed by atoms with E-state index in [4.69, 9.17) is 4.84 Å². The van der Waals surface area contributed by atoms with Crippen LogP contribution in [0.5, 0.6) is 0 Å². The van der Waals surface area contributed by atoms with E-state index in [1.54, 1.807) is 17.5 Å². The molecule has 0 saturated carbocycles. The Morgan fingerprint density at radius 3 is 2.60 bits per heavy atom. The van der Waals surface area contributed by atoms with E-state index in [0.717, 1.165) is 10.6 Å². The van der Waals surface area contributed by atoms with Crippen molar-refractivity contribution in [2.75, 3.05) is 14.2 Å². The first kappa shape index (κ1) is 14.1. The van der Waals surface area contributed by atoms with Crippen LogP contribution in [0, 0.1) is 10.1 Å². The Morgan fingerprint density at radius 1 is 1.40 bits per heavy atom. The minimum Gasteiger partial charge on any atom is -0.274 e. The molecule has 0 saturated heterocycles. The number of rotatable bonds is 4. The first-order valence-electron chi connectivity index (χ1n) is 5.55. The average Bonchev–Trinajstić information content (AvgIpc) is 2.95. The molecule has 0 fully saturated rings. The molecule has 2 rings (SSSR count). The monoisotopic (exact) mass is 293 g/mol. The van der Waals surface area contributed by atoms with Gasteiger partial charge in [-0.2, -0.15) is 0 Å². The number of hydrogen-bond donors (Lipinski definition) is 0. The zero-order valence-corrected chi connectivity index (χ0v) is 11.6. The van der Waals surface area contributed by atoms with Crippen molar-refractivity contribution in [2.45, 2.75) is 0 Å². The van der Waals surface area contributed by atoms with Crippen LogP contribution in [0.1, 0.15) is 10.5 Å². The Hall–Kier alpha value is -2.32. The van der Waals surface area contributed by atoms with E-state index in [9.17, 15) is 14.9 Å². The Morgan fingerprint density at radius 2 is 2.05 bits per heavy atom. The first-order valence-corrected chi connectivity index (χ1v) is 6.43. The molecule has 1 amide bonds. The molecule has 0 N–H and O–H groups in total. The fraction of sp³-hybridized carbons (Fsp3) is 0.167. The minimum atomic E-state index is -0.464. The number of nitrogens with zero attached hydrogens (tertiary/aromatic N) is 3. The number of nitro groups is 1. The van der Waals surface area contributed by atoms with E-state index in [1.165, 1.54) is 37.6 Å². The third-order valence-corrected chi connectivity index (χ3v) is 3.50. The van der Waals surface area contributed by atoms with E-state index in [-0.39, 0.29) is 17.3 Å². The van der Waals surface area contributed by atoms with Gasteiger partial charge in [-0.15, -0.1) is 11.3 Å². The smallest absolute Gasteiger partial charge is 0.274 e. The van der Waals surface area contributed by atoms with E-state index < -0.39 is 4.92 Å². The molecule has 0 unspecified atom stereocenters. The fourth-order valence-corrected chi connectivity index (χ4v) is 2.27. The van der Waals surface area contributed by atoms with Crippen LogP contribution in [0.15, 0.2) is 29.6 Å². The maximum Gasteiger partial charge on any atom is 0.296 e. The van der Waals surface area contributed by atoms with Crippen molar-refractivity contribution in [1.29, 1.82) is 0 Å². The Labute approximate surface area is 118 Å².